The average molecular weight is 286 g/mol. The number of nitrogens with one attached hydrogen (secondary N) is 1. The van der Waals surface area contributed by atoms with Gasteiger partial charge in [-0.25, -0.2) is 0 Å². The summed E-state index contributed by atoms with van der Waals surface area (Å²) in [4.78, 5) is 23.8. The minimum absolute atomic E-state index is 0.211. The van der Waals surface area contributed by atoms with Crippen LogP contribution in [0.1, 0.15) is 39.9 Å². The number of carbonyl (C=O) groups is 2. The lowest BCUT2D eigenvalue weighted by atomic mass is 10.1. The molecular weight excluding hydrogens is 268 g/mol. The maximum absolute atomic E-state index is 12.3. The minimum Gasteiger partial charge on any atom is -0.364 e. The SMILES string of the molecule is CCCc1nn(C)c(C(N)=O)c1NC(=O)c1ccccc1. The van der Waals surface area contributed by atoms with Gasteiger partial charge < -0.3 is 11.1 Å². The highest BCUT2D eigenvalue weighted by Crippen LogP contribution is 2.22. The van der Waals surface area contributed by atoms with Crippen molar-refractivity contribution < 1.29 is 9.59 Å². The molecule has 6 nitrogen and oxygen atoms in total. The van der Waals surface area contributed by atoms with Crippen LogP contribution in [-0.2, 0) is 13.5 Å². The molecule has 0 bridgehead atoms. The molecule has 0 spiro atoms. The highest BCUT2D eigenvalue weighted by Gasteiger charge is 2.21. The van der Waals surface area contributed by atoms with Gasteiger partial charge in [-0.15, -0.1) is 0 Å². The summed E-state index contributed by atoms with van der Waals surface area (Å²) in [6.45, 7) is 2.00. The number of rotatable bonds is 5. The monoisotopic (exact) mass is 286 g/mol. The summed E-state index contributed by atoms with van der Waals surface area (Å²) in [5.74, 6) is -0.904. The van der Waals surface area contributed by atoms with E-state index in [1.165, 1.54) is 4.68 Å². The maximum Gasteiger partial charge on any atom is 0.269 e. The molecule has 1 aromatic heterocycles. The van der Waals surface area contributed by atoms with Gasteiger partial charge in [-0.2, -0.15) is 5.10 Å². The van der Waals surface area contributed by atoms with Crippen molar-refractivity contribution in [3.05, 3.63) is 47.3 Å². The summed E-state index contributed by atoms with van der Waals surface area (Å²) >= 11 is 0. The molecule has 0 unspecified atom stereocenters. The lowest BCUT2D eigenvalue weighted by Crippen LogP contribution is -2.20. The fourth-order valence-corrected chi connectivity index (χ4v) is 2.18. The van der Waals surface area contributed by atoms with Crippen molar-refractivity contribution in [2.24, 2.45) is 12.8 Å². The van der Waals surface area contributed by atoms with Crippen molar-refractivity contribution in [1.82, 2.24) is 9.78 Å². The van der Waals surface area contributed by atoms with E-state index in [1.54, 1.807) is 31.3 Å². The van der Waals surface area contributed by atoms with Crippen molar-refractivity contribution in [1.29, 1.82) is 0 Å². The molecular formula is C15H18N4O2. The van der Waals surface area contributed by atoms with Gasteiger partial charge in [0.1, 0.15) is 5.69 Å². The molecule has 0 aliphatic heterocycles. The van der Waals surface area contributed by atoms with Crippen LogP contribution in [0.2, 0.25) is 0 Å². The Bertz CT molecular complexity index is 662. The third-order valence-electron chi connectivity index (χ3n) is 3.11. The molecule has 1 heterocycles. The Balaban J connectivity index is 2.38. The smallest absolute Gasteiger partial charge is 0.269 e. The molecule has 0 atom stereocenters. The molecule has 2 amide bonds. The van der Waals surface area contributed by atoms with Crippen molar-refractivity contribution in [3.63, 3.8) is 0 Å². The van der Waals surface area contributed by atoms with Crippen LogP contribution in [0.15, 0.2) is 30.3 Å². The van der Waals surface area contributed by atoms with Gasteiger partial charge in [0.25, 0.3) is 11.8 Å². The van der Waals surface area contributed by atoms with E-state index in [2.05, 4.69) is 10.4 Å². The van der Waals surface area contributed by atoms with E-state index in [0.29, 0.717) is 23.4 Å². The molecule has 0 fully saturated rings. The van der Waals surface area contributed by atoms with Gasteiger partial charge in [0.15, 0.2) is 0 Å². The number of hydrogen-bond acceptors (Lipinski definition) is 3. The van der Waals surface area contributed by atoms with Crippen molar-refractivity contribution in [2.45, 2.75) is 19.8 Å². The van der Waals surface area contributed by atoms with Crippen molar-refractivity contribution in [3.8, 4) is 0 Å². The predicted octanol–water partition coefficient (Wildman–Crippen LogP) is 1.72. The summed E-state index contributed by atoms with van der Waals surface area (Å²) in [5.41, 5.74) is 7.18. The van der Waals surface area contributed by atoms with Crippen LogP contribution in [0, 0.1) is 0 Å². The van der Waals surface area contributed by atoms with Gasteiger partial charge in [-0.1, -0.05) is 31.5 Å². The summed E-state index contributed by atoms with van der Waals surface area (Å²) < 4.78 is 1.41. The Labute approximate surface area is 122 Å². The first kappa shape index (κ1) is 14.8. The number of primary amides is 1. The zero-order chi connectivity index (χ0) is 15.4. The fraction of sp³-hybridized carbons (Fsp3) is 0.267. The van der Waals surface area contributed by atoms with E-state index in [-0.39, 0.29) is 11.6 Å². The Hall–Kier alpha value is -2.63. The Morgan fingerprint density at radius 1 is 1.29 bits per heavy atom. The number of aromatic nitrogens is 2. The summed E-state index contributed by atoms with van der Waals surface area (Å²) in [5, 5.41) is 7.03. The number of carbonyl (C=O) groups excluding carboxylic acids is 2. The quantitative estimate of drug-likeness (QED) is 0.877. The molecule has 0 saturated heterocycles. The van der Waals surface area contributed by atoms with E-state index >= 15 is 0 Å². The lowest BCUT2D eigenvalue weighted by Gasteiger charge is -2.07. The lowest BCUT2D eigenvalue weighted by molar-refractivity contribution is 0.0992. The maximum atomic E-state index is 12.3. The first-order valence-corrected chi connectivity index (χ1v) is 6.76. The second-order valence-corrected chi connectivity index (χ2v) is 4.73. The number of anilines is 1. The van der Waals surface area contributed by atoms with Gasteiger partial charge in [-0.05, 0) is 18.6 Å². The Morgan fingerprint density at radius 3 is 2.52 bits per heavy atom. The van der Waals surface area contributed by atoms with Crippen LogP contribution in [0.5, 0.6) is 0 Å². The number of amides is 2. The van der Waals surface area contributed by atoms with Gasteiger partial charge >= 0.3 is 0 Å². The van der Waals surface area contributed by atoms with Crippen LogP contribution >= 0.6 is 0 Å². The Kier molecular flexibility index (Phi) is 4.37. The summed E-state index contributed by atoms with van der Waals surface area (Å²) in [6.07, 6.45) is 1.51. The van der Waals surface area contributed by atoms with Gasteiger partial charge in [-0.3, -0.25) is 14.3 Å². The van der Waals surface area contributed by atoms with Crippen LogP contribution < -0.4 is 11.1 Å². The molecule has 0 aliphatic carbocycles. The highest BCUT2D eigenvalue weighted by atomic mass is 16.2. The number of benzene rings is 1. The third kappa shape index (κ3) is 3.10. The molecule has 1 aromatic carbocycles. The average Bonchev–Trinajstić information content (AvgIpc) is 2.76. The third-order valence-corrected chi connectivity index (χ3v) is 3.11. The van der Waals surface area contributed by atoms with E-state index in [1.807, 2.05) is 13.0 Å². The minimum atomic E-state index is -0.615. The predicted molar refractivity (Wildman–Crippen MR) is 80.1 cm³/mol. The molecule has 2 aromatic rings. The molecule has 0 radical (unpaired) electrons. The van der Waals surface area contributed by atoms with Crippen molar-refractivity contribution >= 4 is 17.5 Å². The second kappa shape index (κ2) is 6.21. The first-order chi connectivity index (χ1) is 10.0. The van der Waals surface area contributed by atoms with Gasteiger partial charge in [0.2, 0.25) is 0 Å². The first-order valence-electron chi connectivity index (χ1n) is 6.76. The van der Waals surface area contributed by atoms with Crippen LogP contribution in [0.3, 0.4) is 0 Å². The van der Waals surface area contributed by atoms with E-state index in [9.17, 15) is 9.59 Å². The van der Waals surface area contributed by atoms with Crippen LogP contribution in [0.25, 0.3) is 0 Å². The largest absolute Gasteiger partial charge is 0.364 e. The fourth-order valence-electron chi connectivity index (χ4n) is 2.18. The summed E-state index contributed by atoms with van der Waals surface area (Å²) in [6, 6.07) is 8.79. The van der Waals surface area contributed by atoms with Gasteiger partial charge in [0.05, 0.1) is 11.4 Å². The second-order valence-electron chi connectivity index (χ2n) is 4.73. The number of nitrogens with zero attached hydrogens (tertiary/aromatic N) is 2. The molecule has 21 heavy (non-hydrogen) atoms. The molecule has 2 rings (SSSR count). The molecule has 3 N–H and O–H groups in total. The highest BCUT2D eigenvalue weighted by molar-refractivity contribution is 6.08. The zero-order valence-corrected chi connectivity index (χ0v) is 12.1. The number of aryl methyl sites for hydroxylation is 2. The Morgan fingerprint density at radius 2 is 1.95 bits per heavy atom. The van der Waals surface area contributed by atoms with E-state index < -0.39 is 5.91 Å². The number of hydrogen-bond donors (Lipinski definition) is 2. The van der Waals surface area contributed by atoms with Crippen LogP contribution in [0.4, 0.5) is 5.69 Å². The zero-order valence-electron chi connectivity index (χ0n) is 12.1. The molecule has 0 saturated carbocycles. The molecule has 6 heteroatoms. The van der Waals surface area contributed by atoms with E-state index in [4.69, 9.17) is 5.73 Å². The van der Waals surface area contributed by atoms with Gasteiger partial charge in [0, 0.05) is 12.6 Å². The topological polar surface area (TPSA) is 90.0 Å². The summed E-state index contributed by atoms with van der Waals surface area (Å²) in [7, 11) is 1.64. The standard InChI is InChI=1S/C15H18N4O2/c1-3-7-11-12(13(14(16)20)19(2)18-11)17-15(21)10-8-5-4-6-9-10/h4-6,8-9H,3,7H2,1-2H3,(H2,16,20)(H,17,21). The van der Waals surface area contributed by atoms with Crippen molar-refractivity contribution in [2.75, 3.05) is 5.32 Å². The van der Waals surface area contributed by atoms with E-state index in [0.717, 1.165) is 6.42 Å². The molecule has 110 valence electrons. The normalized spacial score (nSPS) is 10.4. The molecule has 0 aliphatic rings. The van der Waals surface area contributed by atoms with Crippen LogP contribution in [-0.4, -0.2) is 21.6 Å². The number of nitrogens with two attached hydrogens (primary N) is 1.